The number of hydrogen-bond acceptors (Lipinski definition) is 1. The van der Waals surface area contributed by atoms with Crippen molar-refractivity contribution in [2.45, 2.75) is 37.8 Å². The van der Waals surface area contributed by atoms with E-state index >= 15 is 0 Å². The predicted octanol–water partition coefficient (Wildman–Crippen LogP) is 6.70. The molecule has 2 nitrogen and oxygen atoms in total. The number of hydrogen-bond donors (Lipinski definition) is 1. The molecule has 0 aromatic heterocycles. The summed E-state index contributed by atoms with van der Waals surface area (Å²) in [6.07, 6.45) is -1.85. The second-order valence-corrected chi connectivity index (χ2v) is 7.27. The van der Waals surface area contributed by atoms with Gasteiger partial charge in [-0.2, -0.15) is 13.2 Å². The van der Waals surface area contributed by atoms with Crippen molar-refractivity contribution in [1.29, 1.82) is 0 Å². The minimum absolute atomic E-state index is 0.0962. The van der Waals surface area contributed by atoms with Crippen LogP contribution in [0.15, 0.2) is 49.0 Å². The summed E-state index contributed by atoms with van der Waals surface area (Å²) in [7, 11) is 0. The van der Waals surface area contributed by atoms with Crippen LogP contribution < -0.4 is 5.32 Å². The number of benzene rings is 2. The van der Waals surface area contributed by atoms with Gasteiger partial charge in [-0.05, 0) is 48.9 Å². The van der Waals surface area contributed by atoms with Crippen LogP contribution in [0.3, 0.4) is 0 Å². The van der Waals surface area contributed by atoms with Crippen LogP contribution in [0, 0.1) is 11.7 Å². The van der Waals surface area contributed by atoms with E-state index in [9.17, 15) is 26.7 Å². The highest BCUT2D eigenvalue weighted by molar-refractivity contribution is 5.92. The maximum Gasteiger partial charge on any atom is 0.416 e. The average molecular weight is 409 g/mol. The van der Waals surface area contributed by atoms with Gasteiger partial charge >= 0.3 is 6.18 Å². The molecule has 1 N–H and O–H groups in total. The van der Waals surface area contributed by atoms with E-state index in [1.165, 1.54) is 0 Å². The Bertz CT molecular complexity index is 904. The third-order valence-corrected chi connectivity index (χ3v) is 5.29. The van der Waals surface area contributed by atoms with E-state index in [0.717, 1.165) is 30.5 Å². The molecule has 0 spiro atoms. The molecule has 2 unspecified atom stereocenters. The van der Waals surface area contributed by atoms with Crippen LogP contribution >= 0.6 is 0 Å². The summed E-state index contributed by atoms with van der Waals surface area (Å²) >= 11 is 0. The van der Waals surface area contributed by atoms with Gasteiger partial charge in [0.2, 0.25) is 5.91 Å². The smallest absolute Gasteiger partial charge is 0.323 e. The van der Waals surface area contributed by atoms with Crippen molar-refractivity contribution in [2.24, 2.45) is 5.92 Å². The maximum atomic E-state index is 14.0. The number of carbonyl (C=O) groups is 1. The van der Waals surface area contributed by atoms with Gasteiger partial charge < -0.3 is 5.32 Å². The van der Waals surface area contributed by atoms with Gasteiger partial charge in [-0.25, -0.2) is 8.78 Å². The minimum Gasteiger partial charge on any atom is -0.323 e. The number of nitrogens with one attached hydrogen (secondary N) is 1. The standard InChI is InChI=1S/C22H20F5NO/c1-13(23)14-5-7-15(8-6-14)16-3-2-4-17(11-16)21(29)28-20-10-9-18(12-19(20)24)22(25,26)27/h5-10,12,16-17H,1-4,11H2,(H,28,29). The van der Waals surface area contributed by atoms with Crippen LogP contribution in [0.5, 0.6) is 0 Å². The first-order valence-electron chi connectivity index (χ1n) is 9.27. The van der Waals surface area contributed by atoms with Crippen molar-refractivity contribution in [3.8, 4) is 0 Å². The Hall–Kier alpha value is -2.70. The van der Waals surface area contributed by atoms with Crippen LogP contribution in [0.1, 0.15) is 48.3 Å². The zero-order chi connectivity index (χ0) is 21.2. The van der Waals surface area contributed by atoms with Crippen molar-refractivity contribution in [1.82, 2.24) is 0 Å². The van der Waals surface area contributed by atoms with Gasteiger partial charge in [0.1, 0.15) is 11.6 Å². The second kappa shape index (κ2) is 8.35. The molecule has 2 aromatic carbocycles. The first-order chi connectivity index (χ1) is 13.6. The molecule has 29 heavy (non-hydrogen) atoms. The number of anilines is 1. The molecule has 2 aromatic rings. The van der Waals surface area contributed by atoms with Crippen LogP contribution in [0.4, 0.5) is 27.6 Å². The molecule has 0 aliphatic heterocycles. The predicted molar refractivity (Wildman–Crippen MR) is 101 cm³/mol. The van der Waals surface area contributed by atoms with Crippen molar-refractivity contribution >= 4 is 17.4 Å². The summed E-state index contributed by atoms with van der Waals surface area (Å²) < 4.78 is 65.1. The number of rotatable bonds is 4. The monoisotopic (exact) mass is 409 g/mol. The maximum absolute atomic E-state index is 14.0. The Balaban J connectivity index is 1.67. The summed E-state index contributed by atoms with van der Waals surface area (Å²) in [6.45, 7) is 3.26. The molecule has 1 fully saturated rings. The zero-order valence-corrected chi connectivity index (χ0v) is 15.5. The van der Waals surface area contributed by atoms with Gasteiger partial charge in [0.05, 0.1) is 11.3 Å². The Morgan fingerprint density at radius 2 is 1.76 bits per heavy atom. The Labute approximate surface area is 165 Å². The normalized spacial score (nSPS) is 19.6. The zero-order valence-electron chi connectivity index (χ0n) is 15.5. The van der Waals surface area contributed by atoms with Crippen molar-refractivity contribution in [3.05, 3.63) is 71.6 Å². The van der Waals surface area contributed by atoms with Gasteiger partial charge in [0.15, 0.2) is 0 Å². The molecule has 0 heterocycles. The fourth-order valence-electron chi connectivity index (χ4n) is 3.69. The van der Waals surface area contributed by atoms with Crippen molar-refractivity contribution < 1.29 is 26.7 Å². The SMILES string of the molecule is C=C(F)c1ccc(C2CCCC(C(=O)Nc3ccc(C(F)(F)F)cc3F)C2)cc1. The fraction of sp³-hybridized carbons (Fsp3) is 0.318. The molecule has 3 rings (SSSR count). The molecule has 1 saturated carbocycles. The third-order valence-electron chi connectivity index (χ3n) is 5.29. The number of carbonyl (C=O) groups excluding carboxylic acids is 1. The first-order valence-corrected chi connectivity index (χ1v) is 9.27. The van der Waals surface area contributed by atoms with Crippen LogP contribution in [0.25, 0.3) is 5.83 Å². The average Bonchev–Trinajstić information content (AvgIpc) is 2.69. The van der Waals surface area contributed by atoms with E-state index in [2.05, 4.69) is 11.9 Å². The highest BCUT2D eigenvalue weighted by atomic mass is 19.4. The van der Waals surface area contributed by atoms with Crippen molar-refractivity contribution in [2.75, 3.05) is 5.32 Å². The topological polar surface area (TPSA) is 29.1 Å². The van der Waals surface area contributed by atoms with Gasteiger partial charge in [0.25, 0.3) is 0 Å². The van der Waals surface area contributed by atoms with E-state index in [4.69, 9.17) is 0 Å². The third kappa shape index (κ3) is 5.02. The van der Waals surface area contributed by atoms with Gasteiger partial charge in [-0.3, -0.25) is 4.79 Å². The molecule has 154 valence electrons. The highest BCUT2D eigenvalue weighted by Gasteiger charge is 2.32. The molecule has 0 bridgehead atoms. The van der Waals surface area contributed by atoms with Gasteiger partial charge in [-0.1, -0.05) is 37.3 Å². The van der Waals surface area contributed by atoms with Gasteiger partial charge in [0, 0.05) is 11.5 Å². The summed E-state index contributed by atoms with van der Waals surface area (Å²) in [4.78, 5) is 12.6. The second-order valence-electron chi connectivity index (χ2n) is 7.27. The molecular formula is C22H20F5NO. The molecular weight excluding hydrogens is 389 g/mol. The van der Waals surface area contributed by atoms with E-state index < -0.39 is 29.3 Å². The van der Waals surface area contributed by atoms with E-state index in [1.807, 2.05) is 0 Å². The molecule has 0 saturated heterocycles. The van der Waals surface area contributed by atoms with Crippen LogP contribution in [-0.4, -0.2) is 5.91 Å². The first kappa shape index (κ1) is 21.0. The van der Waals surface area contributed by atoms with Crippen LogP contribution in [-0.2, 0) is 11.0 Å². The lowest BCUT2D eigenvalue weighted by Gasteiger charge is -2.29. The molecule has 7 heteroatoms. The van der Waals surface area contributed by atoms with E-state index in [1.54, 1.807) is 24.3 Å². The summed E-state index contributed by atoms with van der Waals surface area (Å²) in [5.74, 6) is -2.34. The molecule has 1 aliphatic carbocycles. The van der Waals surface area contributed by atoms with Gasteiger partial charge in [-0.15, -0.1) is 0 Å². The quantitative estimate of drug-likeness (QED) is 0.560. The number of alkyl halides is 3. The summed E-state index contributed by atoms with van der Waals surface area (Å²) in [6, 6.07) is 8.93. The number of halogens is 5. The minimum atomic E-state index is -4.65. The van der Waals surface area contributed by atoms with E-state index in [-0.39, 0.29) is 17.5 Å². The van der Waals surface area contributed by atoms with Crippen molar-refractivity contribution in [3.63, 3.8) is 0 Å². The molecule has 1 aliphatic rings. The lowest BCUT2D eigenvalue weighted by atomic mass is 9.77. The Morgan fingerprint density at radius 3 is 2.34 bits per heavy atom. The van der Waals surface area contributed by atoms with Crippen LogP contribution in [0.2, 0.25) is 0 Å². The Morgan fingerprint density at radius 1 is 1.07 bits per heavy atom. The molecule has 0 radical (unpaired) electrons. The lowest BCUT2D eigenvalue weighted by molar-refractivity contribution is -0.137. The highest BCUT2D eigenvalue weighted by Crippen LogP contribution is 2.37. The lowest BCUT2D eigenvalue weighted by Crippen LogP contribution is -2.28. The molecule has 2 atom stereocenters. The summed E-state index contributed by atoms with van der Waals surface area (Å²) in [5, 5.41) is 2.41. The van der Waals surface area contributed by atoms with E-state index in [0.29, 0.717) is 24.5 Å². The largest absolute Gasteiger partial charge is 0.416 e. The number of amides is 1. The summed E-state index contributed by atoms with van der Waals surface area (Å²) in [5.41, 5.74) is 0.00548. The fourth-order valence-corrected chi connectivity index (χ4v) is 3.69. The molecule has 1 amide bonds. The Kier molecular flexibility index (Phi) is 6.05.